The smallest absolute Gasteiger partial charge is 0.404 e. The molecule has 2 heterocycles. The minimum atomic E-state index is -0.816. The highest BCUT2D eigenvalue weighted by Gasteiger charge is 2.20. The first-order valence-corrected chi connectivity index (χ1v) is 8.56. The monoisotopic (exact) mass is 370 g/mol. The number of hydrogen-bond donors (Lipinski definition) is 2. The van der Waals surface area contributed by atoms with Crippen LogP contribution in [0, 0.1) is 0 Å². The van der Waals surface area contributed by atoms with Crippen LogP contribution in [0.5, 0.6) is 5.75 Å². The van der Waals surface area contributed by atoms with Crippen molar-refractivity contribution < 1.29 is 14.3 Å². The maximum atomic E-state index is 10.8. The fraction of sp³-hybridized carbons (Fsp3) is 0.333. The van der Waals surface area contributed by atoms with Gasteiger partial charge in [0, 0.05) is 12.2 Å². The molecule has 1 aromatic heterocycles. The number of carbonyl (C=O) groups excluding carboxylic acids is 1. The SMILES string of the molecule is CC(C)N=C(N=CN)c1cn2c(n1)-c1ccc(COC(N)=O)cc1OCC2. The number of rotatable bonds is 4. The lowest BCUT2D eigenvalue weighted by Crippen LogP contribution is -2.12. The van der Waals surface area contributed by atoms with E-state index in [0.29, 0.717) is 30.4 Å². The molecule has 9 nitrogen and oxygen atoms in total. The van der Waals surface area contributed by atoms with Gasteiger partial charge in [-0.1, -0.05) is 6.07 Å². The summed E-state index contributed by atoms with van der Waals surface area (Å²) < 4.78 is 12.7. The normalized spacial score (nSPS) is 13.8. The number of hydrogen-bond acceptors (Lipinski definition) is 5. The molecule has 0 saturated carbocycles. The van der Waals surface area contributed by atoms with E-state index in [1.165, 1.54) is 6.34 Å². The van der Waals surface area contributed by atoms with Crippen molar-refractivity contribution in [1.82, 2.24) is 9.55 Å². The molecule has 1 aliphatic heterocycles. The number of aliphatic imine (C=N–C) groups is 2. The molecule has 0 saturated heterocycles. The van der Waals surface area contributed by atoms with Crippen molar-refractivity contribution in [3.8, 4) is 17.1 Å². The van der Waals surface area contributed by atoms with Crippen molar-refractivity contribution in [2.45, 2.75) is 33.0 Å². The molecule has 9 heteroatoms. The molecule has 0 unspecified atom stereocenters. The second kappa shape index (κ2) is 7.90. The van der Waals surface area contributed by atoms with Gasteiger partial charge in [0.05, 0.1) is 18.4 Å². The third kappa shape index (κ3) is 4.25. The van der Waals surface area contributed by atoms with Crippen LogP contribution < -0.4 is 16.2 Å². The predicted molar refractivity (Wildman–Crippen MR) is 102 cm³/mol. The second-order valence-electron chi connectivity index (χ2n) is 6.25. The first-order chi connectivity index (χ1) is 13.0. The number of amidine groups is 1. The Morgan fingerprint density at radius 3 is 3.00 bits per heavy atom. The van der Waals surface area contributed by atoms with E-state index >= 15 is 0 Å². The van der Waals surface area contributed by atoms with E-state index in [0.717, 1.165) is 17.0 Å². The molecule has 2 aromatic rings. The van der Waals surface area contributed by atoms with Crippen molar-refractivity contribution >= 4 is 18.3 Å². The van der Waals surface area contributed by atoms with Crippen molar-refractivity contribution in [3.05, 3.63) is 35.7 Å². The molecule has 1 amide bonds. The Morgan fingerprint density at radius 2 is 2.30 bits per heavy atom. The Bertz CT molecular complexity index is 900. The number of amides is 1. The largest absolute Gasteiger partial charge is 0.491 e. The number of imidazole rings is 1. The average molecular weight is 370 g/mol. The van der Waals surface area contributed by atoms with Gasteiger partial charge in [0.15, 0.2) is 5.84 Å². The van der Waals surface area contributed by atoms with Crippen LogP contribution in [-0.4, -0.2) is 40.5 Å². The van der Waals surface area contributed by atoms with Crippen LogP contribution >= 0.6 is 0 Å². The van der Waals surface area contributed by atoms with Gasteiger partial charge >= 0.3 is 6.09 Å². The highest BCUT2D eigenvalue weighted by molar-refractivity contribution is 6.01. The molecule has 0 bridgehead atoms. The van der Waals surface area contributed by atoms with Gasteiger partial charge in [-0.05, 0) is 31.5 Å². The van der Waals surface area contributed by atoms with Crippen molar-refractivity contribution in [3.63, 3.8) is 0 Å². The lowest BCUT2D eigenvalue weighted by Gasteiger charge is -2.09. The molecule has 0 spiro atoms. The Hall–Kier alpha value is -3.36. The first-order valence-electron chi connectivity index (χ1n) is 8.56. The summed E-state index contributed by atoms with van der Waals surface area (Å²) in [6, 6.07) is 5.61. The van der Waals surface area contributed by atoms with Crippen LogP contribution in [0.25, 0.3) is 11.4 Å². The van der Waals surface area contributed by atoms with Gasteiger partial charge < -0.3 is 25.5 Å². The minimum Gasteiger partial charge on any atom is -0.491 e. The molecule has 0 radical (unpaired) electrons. The number of aromatic nitrogens is 2. The van der Waals surface area contributed by atoms with E-state index in [4.69, 9.17) is 25.9 Å². The maximum absolute atomic E-state index is 10.8. The van der Waals surface area contributed by atoms with E-state index in [-0.39, 0.29) is 12.6 Å². The summed E-state index contributed by atoms with van der Waals surface area (Å²) in [4.78, 5) is 24.1. The van der Waals surface area contributed by atoms with Gasteiger partial charge in [-0.2, -0.15) is 0 Å². The third-order valence-electron chi connectivity index (χ3n) is 3.84. The van der Waals surface area contributed by atoms with Crippen molar-refractivity contribution in [2.75, 3.05) is 6.61 Å². The van der Waals surface area contributed by atoms with E-state index < -0.39 is 6.09 Å². The summed E-state index contributed by atoms with van der Waals surface area (Å²) in [6.45, 7) is 5.12. The van der Waals surface area contributed by atoms with Gasteiger partial charge in [-0.15, -0.1) is 0 Å². The molecule has 1 aromatic carbocycles. The van der Waals surface area contributed by atoms with E-state index in [9.17, 15) is 4.79 Å². The lowest BCUT2D eigenvalue weighted by atomic mass is 10.1. The quantitative estimate of drug-likeness (QED) is 0.624. The van der Waals surface area contributed by atoms with E-state index in [1.807, 2.05) is 42.8 Å². The fourth-order valence-electron chi connectivity index (χ4n) is 2.76. The standard InChI is InChI=1S/C18H22N6O3/c1-11(2)22-16(21-10-19)14-8-24-5-6-26-15-7-12(9-27-18(20)25)3-4-13(15)17(24)23-14/h3-4,7-8,10-11H,5-6,9H2,1-2H3,(H2,20,25)(H2,19,21,22). The summed E-state index contributed by atoms with van der Waals surface area (Å²) >= 11 is 0. The predicted octanol–water partition coefficient (Wildman–Crippen LogP) is 1.68. The number of ether oxygens (including phenoxy) is 2. The molecule has 0 atom stereocenters. The summed E-state index contributed by atoms with van der Waals surface area (Å²) in [6.07, 6.45) is 2.29. The van der Waals surface area contributed by atoms with Gasteiger partial charge in [0.2, 0.25) is 0 Å². The van der Waals surface area contributed by atoms with Crippen LogP contribution in [0.15, 0.2) is 34.4 Å². The van der Waals surface area contributed by atoms with Gasteiger partial charge in [-0.25, -0.2) is 14.8 Å². The minimum absolute atomic E-state index is 0.0636. The molecule has 1 aliphatic rings. The molecule has 142 valence electrons. The summed E-state index contributed by atoms with van der Waals surface area (Å²) in [5.74, 6) is 1.91. The maximum Gasteiger partial charge on any atom is 0.404 e. The van der Waals surface area contributed by atoms with Crippen LogP contribution in [-0.2, 0) is 17.9 Å². The van der Waals surface area contributed by atoms with Crippen LogP contribution in [0.4, 0.5) is 4.79 Å². The zero-order chi connectivity index (χ0) is 19.4. The number of benzene rings is 1. The van der Waals surface area contributed by atoms with Gasteiger partial charge in [0.25, 0.3) is 0 Å². The summed E-state index contributed by atoms with van der Waals surface area (Å²) in [7, 11) is 0. The molecule has 27 heavy (non-hydrogen) atoms. The van der Waals surface area contributed by atoms with Crippen molar-refractivity contribution in [1.29, 1.82) is 0 Å². The third-order valence-corrected chi connectivity index (χ3v) is 3.84. The number of nitrogens with zero attached hydrogens (tertiary/aromatic N) is 4. The molecule has 0 fully saturated rings. The van der Waals surface area contributed by atoms with Crippen molar-refractivity contribution in [2.24, 2.45) is 21.5 Å². The van der Waals surface area contributed by atoms with E-state index in [1.54, 1.807) is 0 Å². The summed E-state index contributed by atoms with van der Waals surface area (Å²) in [5, 5.41) is 0. The Labute approximate surface area is 156 Å². The Morgan fingerprint density at radius 1 is 1.48 bits per heavy atom. The highest BCUT2D eigenvalue weighted by Crippen LogP contribution is 2.33. The molecule has 0 aliphatic carbocycles. The molecular formula is C18H22N6O3. The number of primary amides is 1. The Balaban J connectivity index is 1.99. The first kappa shape index (κ1) is 18.4. The molecule has 3 rings (SSSR count). The second-order valence-corrected chi connectivity index (χ2v) is 6.25. The summed E-state index contributed by atoms with van der Waals surface area (Å²) in [5.41, 5.74) is 12.7. The molecular weight excluding hydrogens is 348 g/mol. The van der Waals surface area contributed by atoms with E-state index in [2.05, 4.69) is 9.98 Å². The number of nitrogens with two attached hydrogens (primary N) is 2. The highest BCUT2D eigenvalue weighted by atomic mass is 16.5. The zero-order valence-corrected chi connectivity index (χ0v) is 15.3. The van der Waals surface area contributed by atoms with Gasteiger partial charge in [0.1, 0.15) is 30.5 Å². The average Bonchev–Trinajstić information content (AvgIpc) is 2.96. The lowest BCUT2D eigenvalue weighted by molar-refractivity contribution is 0.150. The number of fused-ring (bicyclic) bond motifs is 3. The Kier molecular flexibility index (Phi) is 5.39. The van der Waals surface area contributed by atoms with Crippen LogP contribution in [0.3, 0.4) is 0 Å². The van der Waals surface area contributed by atoms with Gasteiger partial charge in [-0.3, -0.25) is 4.99 Å². The number of carbonyl (C=O) groups is 1. The fourth-order valence-corrected chi connectivity index (χ4v) is 2.76. The topological polar surface area (TPSA) is 130 Å². The van der Waals surface area contributed by atoms with Crippen LogP contribution in [0.1, 0.15) is 25.1 Å². The van der Waals surface area contributed by atoms with Crippen LogP contribution in [0.2, 0.25) is 0 Å². The zero-order valence-electron chi connectivity index (χ0n) is 15.3. The molecule has 4 N–H and O–H groups in total.